The number of nitrogens with one attached hydrogen (secondary N) is 1. The molecule has 7 nitrogen and oxygen atoms in total. The summed E-state index contributed by atoms with van der Waals surface area (Å²) in [7, 11) is 0. The van der Waals surface area contributed by atoms with E-state index in [1.807, 2.05) is 0 Å². The number of aromatic nitrogens is 4. The van der Waals surface area contributed by atoms with Crippen LogP contribution in [0.15, 0.2) is 59.3 Å². The molecule has 0 radical (unpaired) electrons. The summed E-state index contributed by atoms with van der Waals surface area (Å²) in [4.78, 5) is 20.8. The summed E-state index contributed by atoms with van der Waals surface area (Å²) in [5, 5.41) is 6.50. The molecule has 0 unspecified atom stereocenters. The standard InChI is InChI=1S/C20H15F2N5O2/c1-12-23-17(19-25-20(29-26-19)13-4-2-5-14(21)8-13)10-27(12)11-18(28)24-16-7-3-6-15(22)9-16/h2-10H,11H2,1H3,(H,24,28). The molecule has 0 aliphatic carbocycles. The van der Waals surface area contributed by atoms with Gasteiger partial charge in [0, 0.05) is 17.4 Å². The van der Waals surface area contributed by atoms with Crippen molar-refractivity contribution in [2.45, 2.75) is 13.5 Å². The van der Waals surface area contributed by atoms with Crippen molar-refractivity contribution in [2.75, 3.05) is 5.32 Å². The molecule has 1 N–H and O–H groups in total. The topological polar surface area (TPSA) is 85.8 Å². The number of rotatable bonds is 5. The largest absolute Gasteiger partial charge is 0.334 e. The molecular weight excluding hydrogens is 380 g/mol. The van der Waals surface area contributed by atoms with Gasteiger partial charge in [-0.1, -0.05) is 17.3 Å². The van der Waals surface area contributed by atoms with Crippen molar-refractivity contribution in [3.63, 3.8) is 0 Å². The molecule has 0 aliphatic heterocycles. The number of benzene rings is 2. The Balaban J connectivity index is 1.50. The summed E-state index contributed by atoms with van der Waals surface area (Å²) < 4.78 is 33.4. The van der Waals surface area contributed by atoms with Crippen LogP contribution in [0.3, 0.4) is 0 Å². The third-order valence-corrected chi connectivity index (χ3v) is 4.13. The number of carbonyl (C=O) groups excluding carboxylic acids is 1. The van der Waals surface area contributed by atoms with Crippen LogP contribution in [0.25, 0.3) is 23.0 Å². The molecule has 0 atom stereocenters. The Morgan fingerprint density at radius 2 is 1.86 bits per heavy atom. The van der Waals surface area contributed by atoms with Crippen molar-refractivity contribution in [3.8, 4) is 23.0 Å². The minimum absolute atomic E-state index is 0.0239. The number of aryl methyl sites for hydroxylation is 1. The fourth-order valence-corrected chi connectivity index (χ4v) is 2.76. The first kappa shape index (κ1) is 18.5. The lowest BCUT2D eigenvalue weighted by Gasteiger charge is -2.07. The first-order valence-corrected chi connectivity index (χ1v) is 8.67. The van der Waals surface area contributed by atoms with Crippen LogP contribution in [0.2, 0.25) is 0 Å². The van der Waals surface area contributed by atoms with E-state index in [4.69, 9.17) is 4.52 Å². The number of imidazole rings is 1. The van der Waals surface area contributed by atoms with Crippen LogP contribution in [0, 0.1) is 18.6 Å². The lowest BCUT2D eigenvalue weighted by Crippen LogP contribution is -2.19. The highest BCUT2D eigenvalue weighted by molar-refractivity contribution is 5.90. The number of carbonyl (C=O) groups is 1. The molecule has 2 heterocycles. The summed E-state index contributed by atoms with van der Waals surface area (Å²) in [5.74, 6) is -0.239. The Morgan fingerprint density at radius 1 is 1.10 bits per heavy atom. The summed E-state index contributed by atoms with van der Waals surface area (Å²) >= 11 is 0. The van der Waals surface area contributed by atoms with Crippen LogP contribution in [-0.4, -0.2) is 25.6 Å². The number of anilines is 1. The van der Waals surface area contributed by atoms with Crippen LogP contribution >= 0.6 is 0 Å². The lowest BCUT2D eigenvalue weighted by atomic mass is 10.2. The monoisotopic (exact) mass is 395 g/mol. The van der Waals surface area contributed by atoms with E-state index in [0.717, 1.165) is 0 Å². The van der Waals surface area contributed by atoms with E-state index < -0.39 is 11.6 Å². The second kappa shape index (κ2) is 7.63. The van der Waals surface area contributed by atoms with E-state index in [9.17, 15) is 13.6 Å². The van der Waals surface area contributed by atoms with Crippen LogP contribution in [0.5, 0.6) is 0 Å². The molecule has 29 heavy (non-hydrogen) atoms. The maximum Gasteiger partial charge on any atom is 0.258 e. The van der Waals surface area contributed by atoms with Gasteiger partial charge in [-0.05, 0) is 43.3 Å². The SMILES string of the molecule is Cc1nc(-c2noc(-c3cccc(F)c3)n2)cn1CC(=O)Nc1cccc(F)c1. The molecule has 4 aromatic rings. The normalized spacial score (nSPS) is 10.9. The van der Waals surface area contributed by atoms with E-state index in [-0.39, 0.29) is 24.2 Å². The first-order valence-electron chi connectivity index (χ1n) is 8.67. The van der Waals surface area contributed by atoms with Gasteiger partial charge in [-0.3, -0.25) is 4.79 Å². The lowest BCUT2D eigenvalue weighted by molar-refractivity contribution is -0.116. The minimum Gasteiger partial charge on any atom is -0.334 e. The minimum atomic E-state index is -0.435. The Labute approximate surface area is 164 Å². The summed E-state index contributed by atoms with van der Waals surface area (Å²) in [6, 6.07) is 11.4. The average Bonchev–Trinajstić information content (AvgIpc) is 3.29. The van der Waals surface area contributed by atoms with Gasteiger partial charge in [0.25, 0.3) is 5.89 Å². The fourth-order valence-electron chi connectivity index (χ4n) is 2.76. The van der Waals surface area contributed by atoms with Crippen molar-refractivity contribution in [3.05, 3.63) is 72.2 Å². The van der Waals surface area contributed by atoms with Crippen LogP contribution in [0.4, 0.5) is 14.5 Å². The zero-order valence-electron chi connectivity index (χ0n) is 15.3. The van der Waals surface area contributed by atoms with E-state index in [1.165, 1.54) is 30.3 Å². The van der Waals surface area contributed by atoms with Crippen molar-refractivity contribution < 1.29 is 18.1 Å². The van der Waals surface area contributed by atoms with Gasteiger partial charge in [-0.2, -0.15) is 4.98 Å². The number of halogens is 2. The number of hydrogen-bond acceptors (Lipinski definition) is 5. The van der Waals surface area contributed by atoms with Gasteiger partial charge in [0.1, 0.15) is 29.7 Å². The zero-order chi connectivity index (χ0) is 20.4. The smallest absolute Gasteiger partial charge is 0.258 e. The molecule has 146 valence electrons. The first-order chi connectivity index (χ1) is 14.0. The van der Waals surface area contributed by atoms with Crippen LogP contribution in [0.1, 0.15) is 5.82 Å². The van der Waals surface area contributed by atoms with Gasteiger partial charge in [-0.25, -0.2) is 13.8 Å². The molecule has 0 fully saturated rings. The third-order valence-electron chi connectivity index (χ3n) is 4.13. The summed E-state index contributed by atoms with van der Waals surface area (Å²) in [5.41, 5.74) is 1.23. The molecule has 0 bridgehead atoms. The molecule has 2 aromatic heterocycles. The molecule has 0 saturated carbocycles. The van der Waals surface area contributed by atoms with Gasteiger partial charge >= 0.3 is 0 Å². The number of hydrogen-bond donors (Lipinski definition) is 1. The molecule has 0 aliphatic rings. The van der Waals surface area contributed by atoms with Crippen LogP contribution < -0.4 is 5.32 Å². The molecule has 0 spiro atoms. The molecule has 9 heteroatoms. The van der Waals surface area contributed by atoms with Crippen molar-refractivity contribution >= 4 is 11.6 Å². The van der Waals surface area contributed by atoms with E-state index in [2.05, 4.69) is 20.4 Å². The Hall–Kier alpha value is -3.88. The molecule has 2 aromatic carbocycles. The number of amides is 1. The summed E-state index contributed by atoms with van der Waals surface area (Å²) in [6.45, 7) is 1.70. The Morgan fingerprint density at radius 3 is 2.62 bits per heavy atom. The highest BCUT2D eigenvalue weighted by atomic mass is 19.1. The van der Waals surface area contributed by atoms with Crippen molar-refractivity contribution in [1.29, 1.82) is 0 Å². The molecule has 1 amide bonds. The van der Waals surface area contributed by atoms with E-state index in [0.29, 0.717) is 22.8 Å². The van der Waals surface area contributed by atoms with Gasteiger partial charge in [-0.15, -0.1) is 0 Å². The third kappa shape index (κ3) is 4.18. The van der Waals surface area contributed by atoms with Crippen molar-refractivity contribution in [2.24, 2.45) is 0 Å². The Bertz CT molecular complexity index is 1190. The second-order valence-electron chi connectivity index (χ2n) is 6.29. The molecule has 0 saturated heterocycles. The van der Waals surface area contributed by atoms with Gasteiger partial charge in [0.05, 0.1) is 0 Å². The highest BCUT2D eigenvalue weighted by Gasteiger charge is 2.16. The zero-order valence-corrected chi connectivity index (χ0v) is 15.3. The van der Waals surface area contributed by atoms with E-state index in [1.54, 1.807) is 35.9 Å². The van der Waals surface area contributed by atoms with Gasteiger partial charge in [0.15, 0.2) is 0 Å². The maximum atomic E-state index is 13.4. The number of nitrogens with zero attached hydrogens (tertiary/aromatic N) is 4. The predicted molar refractivity (Wildman–Crippen MR) is 101 cm³/mol. The second-order valence-corrected chi connectivity index (χ2v) is 6.29. The van der Waals surface area contributed by atoms with Crippen LogP contribution in [-0.2, 0) is 11.3 Å². The Kier molecular flexibility index (Phi) is 4.86. The van der Waals surface area contributed by atoms with Gasteiger partial charge < -0.3 is 14.4 Å². The maximum absolute atomic E-state index is 13.4. The molecular formula is C20H15F2N5O2. The fraction of sp³-hybridized carbons (Fsp3) is 0.100. The molecule has 4 rings (SSSR count). The van der Waals surface area contributed by atoms with Crippen molar-refractivity contribution in [1.82, 2.24) is 19.7 Å². The summed E-state index contributed by atoms with van der Waals surface area (Å²) in [6.07, 6.45) is 1.61. The highest BCUT2D eigenvalue weighted by Crippen LogP contribution is 2.22. The van der Waals surface area contributed by atoms with Gasteiger partial charge in [0.2, 0.25) is 11.7 Å². The van der Waals surface area contributed by atoms with E-state index >= 15 is 0 Å². The average molecular weight is 395 g/mol. The predicted octanol–water partition coefficient (Wildman–Crippen LogP) is 3.83. The quantitative estimate of drug-likeness (QED) is 0.555.